The number of rotatable bonds is 0. The zero-order valence-corrected chi connectivity index (χ0v) is 15.2. The molecule has 4 saturated carbocycles. The first-order chi connectivity index (χ1) is 10.5. The summed E-state index contributed by atoms with van der Waals surface area (Å²) >= 11 is 0. The Morgan fingerprint density at radius 3 is 2.26 bits per heavy atom. The maximum atomic E-state index is 11.2. The Morgan fingerprint density at radius 1 is 0.870 bits per heavy atom. The molecule has 4 aliphatic rings. The van der Waals surface area contributed by atoms with Crippen LogP contribution in [0, 0.1) is 34.0 Å². The minimum Gasteiger partial charge on any atom is -0.393 e. The van der Waals surface area contributed by atoms with Gasteiger partial charge >= 0.3 is 0 Å². The molecule has 23 heavy (non-hydrogen) atoms. The first-order valence-electron chi connectivity index (χ1n) is 9.59. The second-order valence-electron chi connectivity index (χ2n) is 10.7. The van der Waals surface area contributed by atoms with Crippen molar-refractivity contribution in [2.45, 2.75) is 90.4 Å². The van der Waals surface area contributed by atoms with Gasteiger partial charge in [-0.15, -0.1) is 0 Å². The predicted octanol–water partition coefficient (Wildman–Crippen LogP) is 3.11. The molecule has 3 heteroatoms. The standard InChI is InChI=1S/C20H34O3/c1-17(2)8-13(21)9-18(3)15-6-5-12-7-20(15,11-19(12,4)23)10-14(22)16(17)18/h12-16,21-23H,5-11H2,1-4H3/t12?,13?,14?,15-,16+,18-,19+,20+/m0/s1. The van der Waals surface area contributed by atoms with Crippen LogP contribution in [0.4, 0.5) is 0 Å². The van der Waals surface area contributed by atoms with Crippen LogP contribution >= 0.6 is 0 Å². The number of hydrogen-bond donors (Lipinski definition) is 3. The summed E-state index contributed by atoms with van der Waals surface area (Å²) in [6.45, 7) is 8.81. The molecule has 0 aromatic rings. The summed E-state index contributed by atoms with van der Waals surface area (Å²) in [5.41, 5.74) is -0.514. The van der Waals surface area contributed by atoms with Gasteiger partial charge in [0.2, 0.25) is 0 Å². The van der Waals surface area contributed by atoms with Crippen molar-refractivity contribution in [2.24, 2.45) is 34.0 Å². The Bertz CT molecular complexity index is 513. The van der Waals surface area contributed by atoms with Gasteiger partial charge < -0.3 is 15.3 Å². The van der Waals surface area contributed by atoms with Crippen LogP contribution in [0.1, 0.15) is 72.6 Å². The highest BCUT2D eigenvalue weighted by atomic mass is 16.3. The smallest absolute Gasteiger partial charge is 0.0653 e. The molecule has 0 amide bonds. The van der Waals surface area contributed by atoms with E-state index in [9.17, 15) is 15.3 Å². The Labute approximate surface area is 140 Å². The summed E-state index contributed by atoms with van der Waals surface area (Å²) in [6, 6.07) is 0. The lowest BCUT2D eigenvalue weighted by Gasteiger charge is -2.66. The number of fused-ring (bicyclic) bond motifs is 3. The van der Waals surface area contributed by atoms with Gasteiger partial charge in [-0.1, -0.05) is 20.8 Å². The minimum atomic E-state index is -0.569. The maximum absolute atomic E-state index is 11.2. The molecule has 0 saturated heterocycles. The third kappa shape index (κ3) is 2.05. The second-order valence-corrected chi connectivity index (χ2v) is 10.7. The maximum Gasteiger partial charge on any atom is 0.0653 e. The van der Waals surface area contributed by atoms with E-state index in [1.54, 1.807) is 0 Å². The first-order valence-corrected chi connectivity index (χ1v) is 9.59. The van der Waals surface area contributed by atoms with E-state index in [-0.39, 0.29) is 34.4 Å². The molecule has 0 aliphatic heterocycles. The molecule has 3 N–H and O–H groups in total. The summed E-state index contributed by atoms with van der Waals surface area (Å²) in [6.07, 6.45) is 6.08. The summed E-state index contributed by atoms with van der Waals surface area (Å²) in [5.74, 6) is 1.19. The average molecular weight is 322 g/mol. The van der Waals surface area contributed by atoms with Gasteiger partial charge in [-0.2, -0.15) is 0 Å². The van der Waals surface area contributed by atoms with Crippen molar-refractivity contribution in [3.63, 3.8) is 0 Å². The zero-order valence-electron chi connectivity index (χ0n) is 15.2. The summed E-state index contributed by atoms with van der Waals surface area (Å²) in [5, 5.41) is 32.6. The van der Waals surface area contributed by atoms with Gasteiger partial charge in [0.15, 0.2) is 0 Å². The molecule has 0 aromatic carbocycles. The second kappa shape index (κ2) is 4.53. The van der Waals surface area contributed by atoms with Gasteiger partial charge in [0.25, 0.3) is 0 Å². The minimum absolute atomic E-state index is 0.00970. The van der Waals surface area contributed by atoms with E-state index in [0.717, 1.165) is 44.9 Å². The molecular weight excluding hydrogens is 288 g/mol. The first kappa shape index (κ1) is 16.4. The van der Waals surface area contributed by atoms with E-state index in [0.29, 0.717) is 11.8 Å². The topological polar surface area (TPSA) is 60.7 Å². The fourth-order valence-electron chi connectivity index (χ4n) is 8.51. The normalized spacial score (nSPS) is 60.9. The molecule has 0 aromatic heterocycles. The van der Waals surface area contributed by atoms with E-state index in [2.05, 4.69) is 20.8 Å². The number of aliphatic hydroxyl groups excluding tert-OH is 2. The molecular formula is C20H34O3. The summed E-state index contributed by atoms with van der Waals surface area (Å²) in [7, 11) is 0. The fraction of sp³-hybridized carbons (Fsp3) is 1.00. The van der Waals surface area contributed by atoms with Crippen molar-refractivity contribution < 1.29 is 15.3 Å². The van der Waals surface area contributed by atoms with Crippen molar-refractivity contribution in [1.29, 1.82) is 0 Å². The zero-order chi connectivity index (χ0) is 16.8. The fourth-order valence-corrected chi connectivity index (χ4v) is 8.51. The summed E-state index contributed by atoms with van der Waals surface area (Å²) < 4.78 is 0. The van der Waals surface area contributed by atoms with Gasteiger partial charge in [0.1, 0.15) is 0 Å². The number of hydrogen-bond acceptors (Lipinski definition) is 3. The molecule has 132 valence electrons. The lowest BCUT2D eigenvalue weighted by Crippen LogP contribution is -2.63. The third-order valence-corrected chi connectivity index (χ3v) is 8.57. The van der Waals surface area contributed by atoms with Crippen LogP contribution in [0.5, 0.6) is 0 Å². The molecule has 4 aliphatic carbocycles. The molecule has 8 atom stereocenters. The van der Waals surface area contributed by atoms with E-state index >= 15 is 0 Å². The Balaban J connectivity index is 1.79. The summed E-state index contributed by atoms with van der Waals surface area (Å²) in [4.78, 5) is 0. The molecule has 4 fully saturated rings. The Morgan fingerprint density at radius 2 is 1.57 bits per heavy atom. The van der Waals surface area contributed by atoms with Crippen LogP contribution in [-0.4, -0.2) is 33.1 Å². The highest BCUT2D eigenvalue weighted by molar-refractivity contribution is 5.18. The van der Waals surface area contributed by atoms with Crippen LogP contribution in [0.15, 0.2) is 0 Å². The molecule has 3 unspecified atom stereocenters. The molecule has 4 rings (SSSR count). The Kier molecular flexibility index (Phi) is 3.22. The van der Waals surface area contributed by atoms with Crippen molar-refractivity contribution >= 4 is 0 Å². The number of aliphatic hydroxyl groups is 3. The quantitative estimate of drug-likeness (QED) is 0.642. The van der Waals surface area contributed by atoms with E-state index in [4.69, 9.17) is 0 Å². The van der Waals surface area contributed by atoms with Gasteiger partial charge in [-0.3, -0.25) is 0 Å². The molecule has 2 bridgehead atoms. The lowest BCUT2D eigenvalue weighted by atomic mass is 9.40. The van der Waals surface area contributed by atoms with Gasteiger partial charge in [0, 0.05) is 0 Å². The average Bonchev–Trinajstić information content (AvgIpc) is 2.51. The van der Waals surface area contributed by atoms with E-state index in [1.807, 2.05) is 6.92 Å². The van der Waals surface area contributed by atoms with Crippen LogP contribution < -0.4 is 0 Å². The van der Waals surface area contributed by atoms with Crippen LogP contribution in [-0.2, 0) is 0 Å². The van der Waals surface area contributed by atoms with Crippen LogP contribution in [0.25, 0.3) is 0 Å². The van der Waals surface area contributed by atoms with Crippen LogP contribution in [0.3, 0.4) is 0 Å². The van der Waals surface area contributed by atoms with Gasteiger partial charge in [-0.25, -0.2) is 0 Å². The largest absolute Gasteiger partial charge is 0.393 e. The van der Waals surface area contributed by atoms with Crippen molar-refractivity contribution in [3.8, 4) is 0 Å². The van der Waals surface area contributed by atoms with Gasteiger partial charge in [0.05, 0.1) is 17.8 Å². The molecule has 3 nitrogen and oxygen atoms in total. The van der Waals surface area contributed by atoms with E-state index < -0.39 is 5.60 Å². The molecule has 0 heterocycles. The Hall–Kier alpha value is -0.120. The monoisotopic (exact) mass is 322 g/mol. The lowest BCUT2D eigenvalue weighted by molar-refractivity contribution is -0.216. The third-order valence-electron chi connectivity index (χ3n) is 8.57. The van der Waals surface area contributed by atoms with Crippen molar-refractivity contribution in [1.82, 2.24) is 0 Å². The predicted molar refractivity (Wildman–Crippen MR) is 89.7 cm³/mol. The SMILES string of the molecule is CC1(C)CC(O)C[C@]2(C)[C@@H]1C(O)C[C@@]13CC(CC[C@H]12)[C@](C)(O)C3. The van der Waals surface area contributed by atoms with E-state index in [1.165, 1.54) is 0 Å². The molecule has 0 radical (unpaired) electrons. The van der Waals surface area contributed by atoms with Crippen LogP contribution in [0.2, 0.25) is 0 Å². The molecule has 1 spiro atoms. The highest BCUT2D eigenvalue weighted by Gasteiger charge is 2.69. The van der Waals surface area contributed by atoms with Crippen molar-refractivity contribution in [2.75, 3.05) is 0 Å². The highest BCUT2D eigenvalue weighted by Crippen LogP contribution is 2.72. The van der Waals surface area contributed by atoms with Gasteiger partial charge in [-0.05, 0) is 85.9 Å². The van der Waals surface area contributed by atoms with Crippen molar-refractivity contribution in [3.05, 3.63) is 0 Å².